The normalized spacial score (nSPS) is 21.2. The molecule has 190 valence electrons. The van der Waals surface area contributed by atoms with Gasteiger partial charge in [-0.25, -0.2) is 0 Å². The van der Waals surface area contributed by atoms with Crippen LogP contribution in [0.3, 0.4) is 0 Å². The van der Waals surface area contributed by atoms with Crippen molar-refractivity contribution in [3.8, 4) is 23.0 Å². The highest BCUT2D eigenvalue weighted by molar-refractivity contribution is 6.46. The Morgan fingerprint density at radius 2 is 1.78 bits per heavy atom. The molecule has 0 aromatic heterocycles. The molecule has 1 unspecified atom stereocenters. The first-order valence-corrected chi connectivity index (χ1v) is 12.1. The van der Waals surface area contributed by atoms with E-state index in [2.05, 4.69) is 4.90 Å². The molecule has 9 heteroatoms. The van der Waals surface area contributed by atoms with Gasteiger partial charge in [0.05, 0.1) is 25.8 Å². The predicted octanol–water partition coefficient (Wildman–Crippen LogP) is 3.34. The van der Waals surface area contributed by atoms with Crippen molar-refractivity contribution in [2.24, 2.45) is 0 Å². The average Bonchev–Trinajstić information content (AvgIpc) is 3.48. The van der Waals surface area contributed by atoms with E-state index in [1.165, 1.54) is 25.5 Å². The number of carbonyl (C=O) groups excluding carboxylic acids is 2. The van der Waals surface area contributed by atoms with E-state index in [0.717, 1.165) is 25.9 Å². The summed E-state index contributed by atoms with van der Waals surface area (Å²) in [6, 6.07) is 9.40. The number of aliphatic hydroxyl groups is 1. The topological polar surface area (TPSA) is 97.8 Å². The summed E-state index contributed by atoms with van der Waals surface area (Å²) >= 11 is 0. The van der Waals surface area contributed by atoms with Crippen LogP contribution in [0.4, 0.5) is 0 Å². The Bertz CT molecular complexity index is 1200. The molecule has 36 heavy (non-hydrogen) atoms. The number of fused-ring (bicyclic) bond motifs is 1. The zero-order chi connectivity index (χ0) is 25.2. The van der Waals surface area contributed by atoms with Gasteiger partial charge in [0.2, 0.25) is 6.79 Å². The maximum Gasteiger partial charge on any atom is 0.295 e. The van der Waals surface area contributed by atoms with Gasteiger partial charge < -0.3 is 33.9 Å². The van der Waals surface area contributed by atoms with Gasteiger partial charge in [0.15, 0.2) is 23.0 Å². The second-order valence-corrected chi connectivity index (χ2v) is 9.05. The molecule has 1 amide bonds. The number of carbonyl (C=O) groups is 2. The molecule has 2 fully saturated rings. The summed E-state index contributed by atoms with van der Waals surface area (Å²) in [5.74, 6) is 0.240. The number of likely N-dealkylation sites (tertiary alicyclic amines) is 2. The number of nitrogens with zero attached hydrogens (tertiary/aromatic N) is 2. The minimum absolute atomic E-state index is 0.00376. The highest BCUT2D eigenvalue weighted by atomic mass is 16.7. The van der Waals surface area contributed by atoms with Crippen molar-refractivity contribution >= 4 is 17.4 Å². The fourth-order valence-corrected chi connectivity index (χ4v) is 5.19. The number of ether oxygens (including phenoxy) is 4. The van der Waals surface area contributed by atoms with E-state index in [0.29, 0.717) is 47.2 Å². The molecule has 2 saturated heterocycles. The van der Waals surface area contributed by atoms with Crippen LogP contribution < -0.4 is 18.9 Å². The van der Waals surface area contributed by atoms with Gasteiger partial charge in [0, 0.05) is 24.2 Å². The number of hydrogen-bond donors (Lipinski definition) is 1. The van der Waals surface area contributed by atoms with E-state index >= 15 is 0 Å². The molecule has 0 aliphatic carbocycles. The van der Waals surface area contributed by atoms with E-state index in [1.807, 2.05) is 0 Å². The highest BCUT2D eigenvalue weighted by Gasteiger charge is 2.47. The number of para-hydroxylation sites is 1. The molecule has 9 nitrogen and oxygen atoms in total. The van der Waals surface area contributed by atoms with Crippen molar-refractivity contribution in [3.63, 3.8) is 0 Å². The third kappa shape index (κ3) is 4.24. The van der Waals surface area contributed by atoms with Gasteiger partial charge in [-0.15, -0.1) is 0 Å². The molecular weight excluding hydrogens is 464 g/mol. The number of hydrogen-bond acceptors (Lipinski definition) is 8. The van der Waals surface area contributed by atoms with Crippen LogP contribution in [-0.4, -0.2) is 73.8 Å². The maximum atomic E-state index is 13.4. The molecule has 3 heterocycles. The zero-order valence-electron chi connectivity index (χ0n) is 20.5. The third-order valence-corrected chi connectivity index (χ3v) is 7.02. The van der Waals surface area contributed by atoms with Crippen LogP contribution in [0, 0.1) is 0 Å². The number of amides is 1. The van der Waals surface area contributed by atoms with Crippen molar-refractivity contribution < 1.29 is 33.6 Å². The van der Waals surface area contributed by atoms with Crippen LogP contribution in [0.15, 0.2) is 42.0 Å². The van der Waals surface area contributed by atoms with E-state index in [9.17, 15) is 14.7 Å². The predicted molar refractivity (Wildman–Crippen MR) is 131 cm³/mol. The number of rotatable bonds is 7. The maximum absolute atomic E-state index is 13.4. The smallest absolute Gasteiger partial charge is 0.295 e. The monoisotopic (exact) mass is 494 g/mol. The lowest BCUT2D eigenvalue weighted by Crippen LogP contribution is -2.40. The first kappa shape index (κ1) is 24.0. The van der Waals surface area contributed by atoms with Crippen LogP contribution >= 0.6 is 0 Å². The number of methoxy groups -OCH3 is 2. The van der Waals surface area contributed by atoms with Gasteiger partial charge in [-0.05, 0) is 50.2 Å². The van der Waals surface area contributed by atoms with Gasteiger partial charge in [-0.2, -0.15) is 0 Å². The second-order valence-electron chi connectivity index (χ2n) is 9.05. The quantitative estimate of drug-likeness (QED) is 0.356. The van der Waals surface area contributed by atoms with Crippen LogP contribution in [-0.2, 0) is 9.59 Å². The molecule has 0 radical (unpaired) electrons. The Kier molecular flexibility index (Phi) is 6.73. The fourth-order valence-electron chi connectivity index (χ4n) is 5.19. The molecular formula is C27H30N2O7. The van der Waals surface area contributed by atoms with Crippen molar-refractivity contribution in [3.05, 3.63) is 53.1 Å². The molecule has 0 spiro atoms. The van der Waals surface area contributed by atoms with Crippen LogP contribution in [0.1, 0.15) is 36.4 Å². The SMILES string of the molecule is COc1cccc(C2/C(=C(\O)c3ccc4c(c3)OCO4)C(=O)C(=O)N2CCN2CCCCC2)c1OC. The lowest BCUT2D eigenvalue weighted by atomic mass is 9.94. The van der Waals surface area contributed by atoms with Gasteiger partial charge >= 0.3 is 0 Å². The van der Waals surface area contributed by atoms with Gasteiger partial charge in [0.1, 0.15) is 5.76 Å². The van der Waals surface area contributed by atoms with Gasteiger partial charge in [-0.3, -0.25) is 9.59 Å². The van der Waals surface area contributed by atoms with Crippen LogP contribution in [0.25, 0.3) is 5.76 Å². The molecule has 0 bridgehead atoms. The summed E-state index contributed by atoms with van der Waals surface area (Å²) in [5, 5.41) is 11.4. The highest BCUT2D eigenvalue weighted by Crippen LogP contribution is 2.46. The Labute approximate surface area is 209 Å². The summed E-state index contributed by atoms with van der Waals surface area (Å²) in [6.07, 6.45) is 3.45. The largest absolute Gasteiger partial charge is 0.507 e. The van der Waals surface area contributed by atoms with Crippen molar-refractivity contribution in [2.75, 3.05) is 47.2 Å². The first-order valence-electron chi connectivity index (χ1n) is 12.1. The van der Waals surface area contributed by atoms with Gasteiger partial charge in [0.25, 0.3) is 11.7 Å². The molecule has 3 aliphatic heterocycles. The second kappa shape index (κ2) is 10.1. The van der Waals surface area contributed by atoms with Crippen molar-refractivity contribution in [1.29, 1.82) is 0 Å². The van der Waals surface area contributed by atoms with Gasteiger partial charge in [-0.1, -0.05) is 18.6 Å². The summed E-state index contributed by atoms with van der Waals surface area (Å²) in [7, 11) is 3.04. The minimum Gasteiger partial charge on any atom is -0.507 e. The van der Waals surface area contributed by atoms with Crippen molar-refractivity contribution in [2.45, 2.75) is 25.3 Å². The lowest BCUT2D eigenvalue weighted by molar-refractivity contribution is -0.140. The summed E-state index contributed by atoms with van der Waals surface area (Å²) in [5.41, 5.74) is 0.932. The lowest BCUT2D eigenvalue weighted by Gasteiger charge is -2.31. The Morgan fingerprint density at radius 1 is 1.00 bits per heavy atom. The van der Waals surface area contributed by atoms with E-state index in [4.69, 9.17) is 18.9 Å². The average molecular weight is 495 g/mol. The Hall–Kier alpha value is -3.72. The molecule has 0 saturated carbocycles. The number of ketones is 1. The van der Waals surface area contributed by atoms with E-state index in [1.54, 1.807) is 36.4 Å². The molecule has 1 N–H and O–H groups in total. The molecule has 3 aliphatic rings. The fraction of sp³-hybridized carbons (Fsp3) is 0.407. The van der Waals surface area contributed by atoms with E-state index < -0.39 is 17.7 Å². The zero-order valence-corrected chi connectivity index (χ0v) is 20.5. The molecule has 2 aromatic carbocycles. The number of aliphatic hydroxyl groups excluding tert-OH is 1. The molecule has 1 atom stereocenters. The summed E-state index contributed by atoms with van der Waals surface area (Å²) in [4.78, 5) is 30.6. The number of benzene rings is 2. The number of Topliss-reactive ketones (excluding diaryl/α,β-unsaturated/α-hetero) is 1. The Balaban J connectivity index is 1.60. The summed E-state index contributed by atoms with van der Waals surface area (Å²) < 4.78 is 22.0. The Morgan fingerprint density at radius 3 is 2.53 bits per heavy atom. The standard InChI is InChI=1S/C27H30N2O7/c1-33-20-8-6-7-18(26(20)34-2)23-22(24(30)17-9-10-19-21(15-17)36-16-35-19)25(31)27(32)29(23)14-13-28-11-4-3-5-12-28/h6-10,15,23,30H,3-5,11-14,16H2,1-2H3/b24-22+. The molecule has 2 aromatic rings. The van der Waals surface area contributed by atoms with Crippen LogP contribution in [0.5, 0.6) is 23.0 Å². The third-order valence-electron chi connectivity index (χ3n) is 7.02. The number of piperidine rings is 1. The minimum atomic E-state index is -0.842. The first-order chi connectivity index (χ1) is 17.5. The molecule has 5 rings (SSSR count). The van der Waals surface area contributed by atoms with Crippen molar-refractivity contribution in [1.82, 2.24) is 9.80 Å². The van der Waals surface area contributed by atoms with E-state index in [-0.39, 0.29) is 18.1 Å². The summed E-state index contributed by atoms with van der Waals surface area (Å²) in [6.45, 7) is 3.00. The van der Waals surface area contributed by atoms with Crippen LogP contribution in [0.2, 0.25) is 0 Å².